The van der Waals surface area contributed by atoms with Crippen LogP contribution in [0.2, 0.25) is 0 Å². The Balaban J connectivity index is 1.97. The molecule has 2 aromatic carbocycles. The van der Waals surface area contributed by atoms with E-state index in [0.717, 1.165) is 47.5 Å². The molecule has 5 nitrogen and oxygen atoms in total. The molecule has 1 aromatic heterocycles. The molecule has 1 heterocycles. The van der Waals surface area contributed by atoms with Crippen molar-refractivity contribution in [1.29, 1.82) is 0 Å². The molecule has 0 radical (unpaired) electrons. The first-order chi connectivity index (χ1) is 17.5. The number of aromatic nitrogens is 1. The quantitative estimate of drug-likeness (QED) is 0.154. The molecule has 0 atom stereocenters. The molecular formula is C29H45B2NO4. The van der Waals surface area contributed by atoms with E-state index in [1.54, 1.807) is 12.1 Å². The van der Waals surface area contributed by atoms with Crippen LogP contribution in [0, 0.1) is 0 Å². The summed E-state index contributed by atoms with van der Waals surface area (Å²) in [5.74, 6) is 0. The second-order valence-corrected chi connectivity index (χ2v) is 10.4. The van der Waals surface area contributed by atoms with Gasteiger partial charge in [0.15, 0.2) is 0 Å². The second-order valence-electron chi connectivity index (χ2n) is 10.4. The molecule has 0 bridgehead atoms. The van der Waals surface area contributed by atoms with Gasteiger partial charge in [-0.2, -0.15) is 0 Å². The van der Waals surface area contributed by atoms with Crippen LogP contribution in [0.4, 0.5) is 0 Å². The third-order valence-electron chi connectivity index (χ3n) is 7.60. The molecule has 0 aliphatic rings. The zero-order valence-corrected chi connectivity index (χ0v) is 22.3. The smallest absolute Gasteiger partial charge is 0.423 e. The van der Waals surface area contributed by atoms with Gasteiger partial charge in [-0.3, -0.25) is 0 Å². The summed E-state index contributed by atoms with van der Waals surface area (Å²) < 4.78 is 2.35. The molecule has 0 unspecified atom stereocenters. The van der Waals surface area contributed by atoms with Crippen LogP contribution in [0.25, 0.3) is 21.8 Å². The highest BCUT2D eigenvalue weighted by Gasteiger charge is 2.22. The Labute approximate surface area is 217 Å². The fourth-order valence-electron chi connectivity index (χ4n) is 5.52. The lowest BCUT2D eigenvalue weighted by Gasteiger charge is -2.22. The molecule has 0 aliphatic carbocycles. The number of benzene rings is 2. The van der Waals surface area contributed by atoms with Gasteiger partial charge in [-0.15, -0.1) is 0 Å². The van der Waals surface area contributed by atoms with E-state index >= 15 is 0 Å². The first-order valence-corrected chi connectivity index (χ1v) is 14.3. The fraction of sp³-hybridized carbons (Fsp3) is 0.586. The van der Waals surface area contributed by atoms with Crippen molar-refractivity contribution in [2.24, 2.45) is 0 Å². The second kappa shape index (κ2) is 14.8. The van der Waals surface area contributed by atoms with Crippen molar-refractivity contribution in [1.82, 2.24) is 4.57 Å². The van der Waals surface area contributed by atoms with Gasteiger partial charge < -0.3 is 24.7 Å². The molecule has 0 amide bonds. The third kappa shape index (κ3) is 7.61. The highest BCUT2D eigenvalue weighted by Crippen LogP contribution is 2.35. The van der Waals surface area contributed by atoms with Crippen molar-refractivity contribution < 1.29 is 20.1 Å². The maximum Gasteiger partial charge on any atom is 0.488 e. The van der Waals surface area contributed by atoms with Crippen LogP contribution in [0.5, 0.6) is 0 Å². The van der Waals surface area contributed by atoms with Crippen molar-refractivity contribution in [3.8, 4) is 0 Å². The summed E-state index contributed by atoms with van der Waals surface area (Å²) in [7, 11) is -3.04. The van der Waals surface area contributed by atoms with Gasteiger partial charge in [-0.1, -0.05) is 115 Å². The van der Waals surface area contributed by atoms with E-state index in [4.69, 9.17) is 0 Å². The molecule has 0 fully saturated rings. The zero-order chi connectivity index (χ0) is 25.9. The van der Waals surface area contributed by atoms with E-state index in [1.807, 2.05) is 24.3 Å². The van der Waals surface area contributed by atoms with Crippen LogP contribution in [0.15, 0.2) is 36.4 Å². The summed E-state index contributed by atoms with van der Waals surface area (Å²) in [6.07, 6.45) is 17.1. The van der Waals surface area contributed by atoms with Crippen molar-refractivity contribution in [3.63, 3.8) is 0 Å². The lowest BCUT2D eigenvalue weighted by Crippen LogP contribution is -2.30. The molecule has 0 aliphatic heterocycles. The van der Waals surface area contributed by atoms with E-state index in [2.05, 4.69) is 18.4 Å². The number of rotatable bonds is 17. The van der Waals surface area contributed by atoms with Crippen LogP contribution >= 0.6 is 0 Å². The van der Waals surface area contributed by atoms with E-state index in [9.17, 15) is 20.1 Å². The predicted molar refractivity (Wildman–Crippen MR) is 154 cm³/mol. The van der Waals surface area contributed by atoms with Crippen LogP contribution in [0.3, 0.4) is 0 Å². The summed E-state index contributed by atoms with van der Waals surface area (Å²) in [6.45, 7) is 4.49. The summed E-state index contributed by atoms with van der Waals surface area (Å²) in [5.41, 5.74) is 2.93. The average Bonchev–Trinajstić information content (AvgIpc) is 3.19. The number of fused-ring (bicyclic) bond motifs is 3. The van der Waals surface area contributed by atoms with Crippen LogP contribution in [-0.2, 0) is 0 Å². The van der Waals surface area contributed by atoms with Gasteiger partial charge in [0.1, 0.15) is 0 Å². The number of nitrogens with zero attached hydrogens (tertiary/aromatic N) is 1. The highest BCUT2D eigenvalue weighted by atomic mass is 16.4. The Morgan fingerprint density at radius 3 is 1.36 bits per heavy atom. The highest BCUT2D eigenvalue weighted by molar-refractivity contribution is 6.59. The van der Waals surface area contributed by atoms with Crippen molar-refractivity contribution in [2.75, 3.05) is 0 Å². The van der Waals surface area contributed by atoms with Gasteiger partial charge >= 0.3 is 14.2 Å². The fourth-order valence-corrected chi connectivity index (χ4v) is 5.52. The maximum absolute atomic E-state index is 9.87. The molecule has 4 N–H and O–H groups in total. The maximum atomic E-state index is 9.87. The summed E-state index contributed by atoms with van der Waals surface area (Å²) >= 11 is 0. The van der Waals surface area contributed by atoms with E-state index < -0.39 is 14.2 Å². The topological polar surface area (TPSA) is 85.9 Å². The van der Waals surface area contributed by atoms with Gasteiger partial charge in [-0.05, 0) is 35.9 Å². The van der Waals surface area contributed by atoms with Gasteiger partial charge in [0, 0.05) is 27.8 Å². The minimum Gasteiger partial charge on any atom is -0.423 e. The monoisotopic (exact) mass is 493 g/mol. The molecule has 0 saturated heterocycles. The minimum atomic E-state index is -1.52. The molecule has 0 spiro atoms. The lowest BCUT2D eigenvalue weighted by molar-refractivity contribution is 0.409. The van der Waals surface area contributed by atoms with Crippen molar-refractivity contribution in [2.45, 2.75) is 110 Å². The minimum absolute atomic E-state index is 0.277. The van der Waals surface area contributed by atoms with Crippen LogP contribution in [0.1, 0.15) is 110 Å². The molecule has 196 valence electrons. The first-order valence-electron chi connectivity index (χ1n) is 14.3. The first kappa shape index (κ1) is 28.8. The largest absolute Gasteiger partial charge is 0.488 e. The lowest BCUT2D eigenvalue weighted by atomic mass is 9.79. The van der Waals surface area contributed by atoms with Crippen LogP contribution < -0.4 is 10.9 Å². The predicted octanol–water partition coefficient (Wildman–Crippen LogP) is 5.20. The number of hydrogen-bond acceptors (Lipinski definition) is 4. The van der Waals surface area contributed by atoms with Crippen LogP contribution in [-0.4, -0.2) is 38.9 Å². The normalized spacial score (nSPS) is 11.8. The Hall–Kier alpha value is -1.79. The third-order valence-corrected chi connectivity index (χ3v) is 7.60. The summed E-state index contributed by atoms with van der Waals surface area (Å²) in [5, 5.41) is 41.6. The van der Waals surface area contributed by atoms with Crippen molar-refractivity contribution >= 4 is 47.0 Å². The van der Waals surface area contributed by atoms with E-state index in [-0.39, 0.29) is 6.04 Å². The van der Waals surface area contributed by atoms with Gasteiger partial charge in [0.25, 0.3) is 0 Å². The van der Waals surface area contributed by atoms with Crippen molar-refractivity contribution in [3.05, 3.63) is 36.4 Å². The standard InChI is InChI=1S/C29H45B2NO4/c1-3-5-7-9-11-13-15-25(16-14-12-10-8-6-4-2)32-28-21-23(30(33)34)17-19-26(28)27-20-18-24(31(35)36)22-29(27)32/h17-22,25,33-36H,3-16H2,1-2H3. The Morgan fingerprint density at radius 1 is 0.583 bits per heavy atom. The molecule has 0 saturated carbocycles. The number of unbranched alkanes of at least 4 members (excludes halogenated alkanes) is 10. The molecule has 3 aromatic rings. The molecular weight excluding hydrogens is 448 g/mol. The van der Waals surface area contributed by atoms with Gasteiger partial charge in [-0.25, -0.2) is 0 Å². The van der Waals surface area contributed by atoms with Gasteiger partial charge in [0.05, 0.1) is 0 Å². The molecule has 3 rings (SSSR count). The van der Waals surface area contributed by atoms with E-state index in [0.29, 0.717) is 10.9 Å². The summed E-state index contributed by atoms with van der Waals surface area (Å²) in [4.78, 5) is 0. The Bertz CT molecular complexity index is 985. The molecule has 36 heavy (non-hydrogen) atoms. The average molecular weight is 493 g/mol. The molecule has 7 heteroatoms. The Morgan fingerprint density at radius 2 is 0.972 bits per heavy atom. The number of hydrogen-bond donors (Lipinski definition) is 4. The van der Waals surface area contributed by atoms with Gasteiger partial charge in [0.2, 0.25) is 0 Å². The Kier molecular flexibility index (Phi) is 11.8. The zero-order valence-electron chi connectivity index (χ0n) is 22.3. The SMILES string of the molecule is CCCCCCCCC(CCCCCCCC)n1c2cc(B(O)O)ccc2c2ccc(B(O)O)cc21. The van der Waals surface area contributed by atoms with E-state index in [1.165, 1.54) is 64.2 Å². The summed E-state index contributed by atoms with van der Waals surface area (Å²) in [6, 6.07) is 11.5.